The number of fused-ring (bicyclic) bond motifs is 1. The zero-order valence-electron chi connectivity index (χ0n) is 8.62. The number of hydrogen-bond acceptors (Lipinski definition) is 2. The summed E-state index contributed by atoms with van der Waals surface area (Å²) in [6, 6.07) is 6.32. The molecule has 0 radical (unpaired) electrons. The molecule has 0 spiro atoms. The predicted octanol–water partition coefficient (Wildman–Crippen LogP) is 1.38. The first-order chi connectivity index (χ1) is 6.72. The summed E-state index contributed by atoms with van der Waals surface area (Å²) in [5.41, 5.74) is 9.13. The van der Waals surface area contributed by atoms with Crippen molar-refractivity contribution < 1.29 is 0 Å². The van der Waals surface area contributed by atoms with Crippen LogP contribution in [0, 0.1) is 6.92 Å². The molecule has 14 heavy (non-hydrogen) atoms. The molecule has 1 heterocycles. The molecule has 0 amide bonds. The van der Waals surface area contributed by atoms with Gasteiger partial charge in [-0.3, -0.25) is 4.68 Å². The fraction of sp³-hybridized carbons (Fsp3) is 0.364. The molecule has 0 fully saturated rings. The van der Waals surface area contributed by atoms with Crippen LogP contribution in [0.15, 0.2) is 18.2 Å². The summed E-state index contributed by atoms with van der Waals surface area (Å²) in [4.78, 5) is 0. The summed E-state index contributed by atoms with van der Waals surface area (Å²) < 4.78 is 1.93. The molecule has 0 unspecified atom stereocenters. The van der Waals surface area contributed by atoms with E-state index in [2.05, 4.69) is 30.2 Å². The summed E-state index contributed by atoms with van der Waals surface area (Å²) in [6.45, 7) is 2.77. The fourth-order valence-electron chi connectivity index (χ4n) is 1.80. The standard InChI is InChI=1S/C11H15N3/c1-8-3-4-10-9(7-8)11(5-6-12)14(2)13-10/h3-4,7H,5-6,12H2,1-2H3. The van der Waals surface area contributed by atoms with Crippen LogP contribution in [0.2, 0.25) is 0 Å². The van der Waals surface area contributed by atoms with E-state index in [4.69, 9.17) is 5.73 Å². The van der Waals surface area contributed by atoms with Crippen molar-refractivity contribution in [1.82, 2.24) is 9.78 Å². The number of rotatable bonds is 2. The van der Waals surface area contributed by atoms with E-state index in [1.807, 2.05) is 11.7 Å². The summed E-state index contributed by atoms with van der Waals surface area (Å²) >= 11 is 0. The Labute approximate surface area is 83.5 Å². The van der Waals surface area contributed by atoms with E-state index < -0.39 is 0 Å². The molecule has 0 atom stereocenters. The maximum Gasteiger partial charge on any atom is 0.0926 e. The molecule has 0 aliphatic rings. The minimum absolute atomic E-state index is 0.669. The highest BCUT2D eigenvalue weighted by molar-refractivity contribution is 5.82. The van der Waals surface area contributed by atoms with Crippen molar-refractivity contribution in [3.8, 4) is 0 Å². The minimum atomic E-state index is 0.669. The van der Waals surface area contributed by atoms with E-state index in [0.29, 0.717) is 6.54 Å². The monoisotopic (exact) mass is 189 g/mol. The van der Waals surface area contributed by atoms with E-state index in [0.717, 1.165) is 11.9 Å². The lowest BCUT2D eigenvalue weighted by Crippen LogP contribution is -2.07. The lowest BCUT2D eigenvalue weighted by Gasteiger charge is -1.99. The Morgan fingerprint density at radius 2 is 2.21 bits per heavy atom. The van der Waals surface area contributed by atoms with Gasteiger partial charge in [-0.25, -0.2) is 0 Å². The number of hydrogen-bond donors (Lipinski definition) is 1. The molecule has 2 N–H and O–H groups in total. The van der Waals surface area contributed by atoms with E-state index in [1.165, 1.54) is 16.6 Å². The molecule has 2 rings (SSSR count). The fourth-order valence-corrected chi connectivity index (χ4v) is 1.80. The third-order valence-corrected chi connectivity index (χ3v) is 2.49. The molecule has 0 saturated carbocycles. The van der Waals surface area contributed by atoms with Gasteiger partial charge in [0.2, 0.25) is 0 Å². The van der Waals surface area contributed by atoms with Gasteiger partial charge in [0.25, 0.3) is 0 Å². The van der Waals surface area contributed by atoms with Crippen molar-refractivity contribution in [2.24, 2.45) is 12.8 Å². The van der Waals surface area contributed by atoms with Gasteiger partial charge in [0.05, 0.1) is 5.52 Å². The van der Waals surface area contributed by atoms with Gasteiger partial charge < -0.3 is 5.73 Å². The van der Waals surface area contributed by atoms with Gasteiger partial charge in [0.15, 0.2) is 0 Å². The van der Waals surface area contributed by atoms with Crippen LogP contribution in [0.5, 0.6) is 0 Å². The second-order valence-corrected chi connectivity index (χ2v) is 3.63. The number of aryl methyl sites for hydroxylation is 2. The summed E-state index contributed by atoms with van der Waals surface area (Å²) in [5, 5.41) is 5.67. The van der Waals surface area contributed by atoms with Crippen LogP contribution in [0.25, 0.3) is 10.9 Å². The number of aromatic nitrogens is 2. The van der Waals surface area contributed by atoms with Crippen LogP contribution in [0.1, 0.15) is 11.3 Å². The van der Waals surface area contributed by atoms with Crippen LogP contribution in [0.3, 0.4) is 0 Å². The van der Waals surface area contributed by atoms with Gasteiger partial charge in [0.1, 0.15) is 0 Å². The van der Waals surface area contributed by atoms with Crippen molar-refractivity contribution in [2.75, 3.05) is 6.54 Å². The normalized spacial score (nSPS) is 11.1. The first-order valence-electron chi connectivity index (χ1n) is 4.84. The van der Waals surface area contributed by atoms with Crippen molar-refractivity contribution in [2.45, 2.75) is 13.3 Å². The predicted molar refractivity (Wildman–Crippen MR) is 58.2 cm³/mol. The maximum atomic E-state index is 5.58. The number of nitrogens with two attached hydrogens (primary N) is 1. The zero-order chi connectivity index (χ0) is 10.1. The average molecular weight is 189 g/mol. The van der Waals surface area contributed by atoms with E-state index in [-0.39, 0.29) is 0 Å². The Morgan fingerprint density at radius 3 is 2.93 bits per heavy atom. The van der Waals surface area contributed by atoms with Crippen molar-refractivity contribution in [1.29, 1.82) is 0 Å². The molecule has 1 aromatic heterocycles. The van der Waals surface area contributed by atoms with Crippen LogP contribution in [0.4, 0.5) is 0 Å². The topological polar surface area (TPSA) is 43.8 Å². The van der Waals surface area contributed by atoms with Crippen LogP contribution in [-0.2, 0) is 13.5 Å². The molecule has 1 aromatic carbocycles. The second kappa shape index (κ2) is 3.42. The smallest absolute Gasteiger partial charge is 0.0926 e. The SMILES string of the molecule is Cc1ccc2nn(C)c(CCN)c2c1. The third kappa shape index (κ3) is 1.40. The average Bonchev–Trinajstić information content (AvgIpc) is 2.45. The van der Waals surface area contributed by atoms with Gasteiger partial charge in [-0.1, -0.05) is 11.6 Å². The third-order valence-electron chi connectivity index (χ3n) is 2.49. The maximum absolute atomic E-state index is 5.58. The quantitative estimate of drug-likeness (QED) is 0.775. The van der Waals surface area contributed by atoms with Gasteiger partial charge in [-0.2, -0.15) is 5.10 Å². The summed E-state index contributed by atoms with van der Waals surface area (Å²) in [6.07, 6.45) is 0.885. The molecule has 3 nitrogen and oxygen atoms in total. The van der Waals surface area contributed by atoms with Crippen molar-refractivity contribution >= 4 is 10.9 Å². The van der Waals surface area contributed by atoms with Crippen molar-refractivity contribution in [3.63, 3.8) is 0 Å². The Hall–Kier alpha value is -1.35. The van der Waals surface area contributed by atoms with E-state index in [1.54, 1.807) is 0 Å². The zero-order valence-corrected chi connectivity index (χ0v) is 8.62. The highest BCUT2D eigenvalue weighted by Crippen LogP contribution is 2.19. The Bertz CT molecular complexity index is 457. The first kappa shape index (κ1) is 9.21. The highest BCUT2D eigenvalue weighted by atomic mass is 15.3. The molecular weight excluding hydrogens is 174 g/mol. The molecule has 0 aliphatic heterocycles. The molecule has 2 aromatic rings. The number of nitrogens with zero attached hydrogens (tertiary/aromatic N) is 2. The summed E-state index contributed by atoms with van der Waals surface area (Å²) in [7, 11) is 1.97. The van der Waals surface area contributed by atoms with Crippen LogP contribution >= 0.6 is 0 Å². The molecule has 0 saturated heterocycles. The molecule has 0 aliphatic carbocycles. The second-order valence-electron chi connectivity index (χ2n) is 3.63. The molecule has 0 bridgehead atoms. The van der Waals surface area contributed by atoms with E-state index >= 15 is 0 Å². The van der Waals surface area contributed by atoms with Crippen LogP contribution < -0.4 is 5.73 Å². The number of benzene rings is 1. The lowest BCUT2D eigenvalue weighted by molar-refractivity contribution is 0.716. The largest absolute Gasteiger partial charge is 0.330 e. The van der Waals surface area contributed by atoms with Crippen molar-refractivity contribution in [3.05, 3.63) is 29.5 Å². The van der Waals surface area contributed by atoms with Crippen LogP contribution in [-0.4, -0.2) is 16.3 Å². The van der Waals surface area contributed by atoms with Gasteiger partial charge in [0, 0.05) is 24.5 Å². The molecule has 3 heteroatoms. The summed E-state index contributed by atoms with van der Waals surface area (Å²) in [5.74, 6) is 0. The van der Waals surface area contributed by atoms with E-state index in [9.17, 15) is 0 Å². The Morgan fingerprint density at radius 1 is 1.43 bits per heavy atom. The Balaban J connectivity index is 2.66. The lowest BCUT2D eigenvalue weighted by atomic mass is 10.1. The van der Waals surface area contributed by atoms with Gasteiger partial charge in [-0.15, -0.1) is 0 Å². The first-order valence-corrected chi connectivity index (χ1v) is 4.84. The molecular formula is C11H15N3. The Kier molecular flexibility index (Phi) is 2.25. The minimum Gasteiger partial charge on any atom is -0.330 e. The van der Waals surface area contributed by atoms with Gasteiger partial charge >= 0.3 is 0 Å². The van der Waals surface area contributed by atoms with Gasteiger partial charge in [-0.05, 0) is 25.6 Å². The highest BCUT2D eigenvalue weighted by Gasteiger charge is 2.07. The molecule has 74 valence electrons.